The molecule has 98 valence electrons. The molecule has 1 aliphatic heterocycles. The minimum atomic E-state index is -0.236. The fraction of sp³-hybridized carbons (Fsp3) is 0.267. The minimum Gasteiger partial charge on any atom is -0.495 e. The molecule has 0 saturated heterocycles. The zero-order chi connectivity index (χ0) is 13.2. The van der Waals surface area contributed by atoms with Crippen molar-refractivity contribution < 1.29 is 9.47 Å². The summed E-state index contributed by atoms with van der Waals surface area (Å²) in [6.45, 7) is 0.584. The van der Waals surface area contributed by atoms with Gasteiger partial charge in [0.15, 0.2) is 0 Å². The van der Waals surface area contributed by atoms with Gasteiger partial charge in [0.25, 0.3) is 0 Å². The molecular weight excluding hydrogens is 240 g/mol. The van der Waals surface area contributed by atoms with Crippen LogP contribution in [0.2, 0.25) is 0 Å². The number of benzene rings is 1. The lowest BCUT2D eigenvalue weighted by Crippen LogP contribution is -2.22. The average molecular weight is 256 g/mol. The lowest BCUT2D eigenvalue weighted by molar-refractivity contribution is 0.310. The summed E-state index contributed by atoms with van der Waals surface area (Å²) in [6.07, 6.45) is 1.74. The van der Waals surface area contributed by atoms with E-state index in [0.717, 1.165) is 22.8 Å². The monoisotopic (exact) mass is 256 g/mol. The molecule has 1 aliphatic rings. The molecule has 2 N–H and O–H groups in total. The molecule has 2 unspecified atom stereocenters. The Morgan fingerprint density at radius 2 is 2.16 bits per heavy atom. The Morgan fingerprint density at radius 3 is 3.00 bits per heavy atom. The van der Waals surface area contributed by atoms with E-state index in [4.69, 9.17) is 15.2 Å². The maximum Gasteiger partial charge on any atom is 0.141 e. The highest BCUT2D eigenvalue weighted by Gasteiger charge is 2.32. The second-order valence-corrected chi connectivity index (χ2v) is 4.57. The molecule has 1 aromatic carbocycles. The van der Waals surface area contributed by atoms with Crippen molar-refractivity contribution in [1.82, 2.24) is 4.98 Å². The molecule has 4 heteroatoms. The first kappa shape index (κ1) is 12.0. The van der Waals surface area contributed by atoms with Crippen LogP contribution in [0.3, 0.4) is 0 Å². The quantitative estimate of drug-likeness (QED) is 0.915. The van der Waals surface area contributed by atoms with Crippen LogP contribution in [0, 0.1) is 0 Å². The van der Waals surface area contributed by atoms with Crippen molar-refractivity contribution in [3.05, 3.63) is 53.9 Å². The van der Waals surface area contributed by atoms with Crippen molar-refractivity contribution in [2.24, 2.45) is 5.73 Å². The molecular formula is C15H16N2O2. The molecule has 0 radical (unpaired) electrons. The van der Waals surface area contributed by atoms with Crippen LogP contribution >= 0.6 is 0 Å². The lowest BCUT2D eigenvalue weighted by atomic mass is 9.91. The molecule has 0 aliphatic carbocycles. The number of ether oxygens (including phenoxy) is 2. The number of rotatable bonds is 3. The van der Waals surface area contributed by atoms with Crippen LogP contribution in [0.15, 0.2) is 42.6 Å². The standard InChI is InChI=1S/C15H16N2O2/c1-18-13-7-4-8-17-15(13)14(16)11-9-19-12-6-3-2-5-10(11)12/h2-8,11,14H,9,16H2,1H3. The van der Waals surface area contributed by atoms with Crippen LogP contribution < -0.4 is 15.2 Å². The SMILES string of the molecule is COc1cccnc1C(N)C1COc2ccccc21. The van der Waals surface area contributed by atoms with Crippen molar-refractivity contribution in [2.45, 2.75) is 12.0 Å². The Kier molecular flexibility index (Phi) is 3.09. The van der Waals surface area contributed by atoms with Gasteiger partial charge >= 0.3 is 0 Å². The number of para-hydroxylation sites is 1. The van der Waals surface area contributed by atoms with Gasteiger partial charge in [-0.1, -0.05) is 18.2 Å². The van der Waals surface area contributed by atoms with E-state index >= 15 is 0 Å². The molecule has 1 aromatic heterocycles. The van der Waals surface area contributed by atoms with Gasteiger partial charge in [-0.3, -0.25) is 4.98 Å². The number of nitrogens with zero attached hydrogens (tertiary/aromatic N) is 1. The van der Waals surface area contributed by atoms with Crippen molar-refractivity contribution in [1.29, 1.82) is 0 Å². The second-order valence-electron chi connectivity index (χ2n) is 4.57. The largest absolute Gasteiger partial charge is 0.495 e. The van der Waals surface area contributed by atoms with Gasteiger partial charge in [0.1, 0.15) is 11.5 Å². The van der Waals surface area contributed by atoms with Gasteiger partial charge in [0.2, 0.25) is 0 Å². The van der Waals surface area contributed by atoms with Crippen LogP contribution in [0.1, 0.15) is 23.2 Å². The average Bonchev–Trinajstić information content (AvgIpc) is 2.90. The second kappa shape index (κ2) is 4.90. The highest BCUT2D eigenvalue weighted by atomic mass is 16.5. The van der Waals surface area contributed by atoms with Crippen LogP contribution in [0.5, 0.6) is 11.5 Å². The summed E-state index contributed by atoms with van der Waals surface area (Å²) in [5, 5.41) is 0. The first-order chi connectivity index (χ1) is 9.31. The van der Waals surface area contributed by atoms with Gasteiger partial charge < -0.3 is 15.2 Å². The molecule has 0 fully saturated rings. The third-order valence-electron chi connectivity index (χ3n) is 3.51. The number of hydrogen-bond acceptors (Lipinski definition) is 4. The Labute approximate surface area is 112 Å². The highest BCUT2D eigenvalue weighted by molar-refractivity contribution is 5.43. The summed E-state index contributed by atoms with van der Waals surface area (Å²) < 4.78 is 11.0. The van der Waals surface area contributed by atoms with E-state index in [2.05, 4.69) is 11.1 Å². The molecule has 3 rings (SSSR count). The molecule has 0 amide bonds. The first-order valence-corrected chi connectivity index (χ1v) is 6.27. The Bertz CT molecular complexity index is 586. The van der Waals surface area contributed by atoms with E-state index in [1.165, 1.54) is 0 Å². The van der Waals surface area contributed by atoms with Gasteiger partial charge in [0, 0.05) is 17.7 Å². The maximum absolute atomic E-state index is 6.37. The fourth-order valence-electron chi connectivity index (χ4n) is 2.50. The van der Waals surface area contributed by atoms with Crippen LogP contribution in [-0.4, -0.2) is 18.7 Å². The molecule has 4 nitrogen and oxygen atoms in total. The maximum atomic E-state index is 6.37. The Balaban J connectivity index is 1.95. The number of nitrogens with two attached hydrogens (primary N) is 1. The van der Waals surface area contributed by atoms with E-state index in [1.807, 2.05) is 30.3 Å². The molecule has 0 bridgehead atoms. The van der Waals surface area contributed by atoms with E-state index in [9.17, 15) is 0 Å². The number of hydrogen-bond donors (Lipinski definition) is 1. The van der Waals surface area contributed by atoms with E-state index < -0.39 is 0 Å². The normalized spacial score (nSPS) is 18.5. The molecule has 0 saturated carbocycles. The Hall–Kier alpha value is -2.07. The van der Waals surface area contributed by atoms with Crippen molar-refractivity contribution in [3.63, 3.8) is 0 Å². The number of pyridine rings is 1. The lowest BCUT2D eigenvalue weighted by Gasteiger charge is -2.19. The molecule has 19 heavy (non-hydrogen) atoms. The van der Waals surface area contributed by atoms with E-state index in [1.54, 1.807) is 13.3 Å². The number of methoxy groups -OCH3 is 1. The van der Waals surface area contributed by atoms with Crippen LogP contribution in [0.25, 0.3) is 0 Å². The van der Waals surface area contributed by atoms with Crippen molar-refractivity contribution in [2.75, 3.05) is 13.7 Å². The van der Waals surface area contributed by atoms with Crippen molar-refractivity contribution in [3.8, 4) is 11.5 Å². The molecule has 2 heterocycles. The number of fused-ring (bicyclic) bond motifs is 1. The summed E-state index contributed by atoms with van der Waals surface area (Å²) >= 11 is 0. The van der Waals surface area contributed by atoms with E-state index in [0.29, 0.717) is 6.61 Å². The van der Waals surface area contributed by atoms with Gasteiger partial charge in [-0.2, -0.15) is 0 Å². The van der Waals surface area contributed by atoms with Gasteiger partial charge in [-0.05, 0) is 18.2 Å². The van der Waals surface area contributed by atoms with Gasteiger partial charge in [-0.25, -0.2) is 0 Å². The summed E-state index contributed by atoms with van der Waals surface area (Å²) in [5.41, 5.74) is 8.28. The van der Waals surface area contributed by atoms with Gasteiger partial charge in [0.05, 0.1) is 25.5 Å². The minimum absolute atomic E-state index is 0.111. The third kappa shape index (κ3) is 2.04. The molecule has 2 atom stereocenters. The molecule has 0 spiro atoms. The summed E-state index contributed by atoms with van der Waals surface area (Å²) in [5.74, 6) is 1.75. The smallest absolute Gasteiger partial charge is 0.141 e. The zero-order valence-electron chi connectivity index (χ0n) is 10.7. The number of aromatic nitrogens is 1. The highest BCUT2D eigenvalue weighted by Crippen LogP contribution is 2.41. The predicted molar refractivity (Wildman–Crippen MR) is 72.4 cm³/mol. The van der Waals surface area contributed by atoms with Crippen molar-refractivity contribution >= 4 is 0 Å². The summed E-state index contributed by atoms with van der Waals surface area (Å²) in [7, 11) is 1.63. The third-order valence-corrected chi connectivity index (χ3v) is 3.51. The van der Waals surface area contributed by atoms with E-state index in [-0.39, 0.29) is 12.0 Å². The predicted octanol–water partition coefficient (Wildman–Crippen LogP) is 2.27. The van der Waals surface area contributed by atoms with Crippen LogP contribution in [0.4, 0.5) is 0 Å². The summed E-state index contributed by atoms with van der Waals surface area (Å²) in [6, 6.07) is 11.5. The molecule has 2 aromatic rings. The topological polar surface area (TPSA) is 57.4 Å². The zero-order valence-corrected chi connectivity index (χ0v) is 10.7. The summed E-state index contributed by atoms with van der Waals surface area (Å²) in [4.78, 5) is 4.36. The van der Waals surface area contributed by atoms with Gasteiger partial charge in [-0.15, -0.1) is 0 Å². The first-order valence-electron chi connectivity index (χ1n) is 6.27. The van der Waals surface area contributed by atoms with Crippen LogP contribution in [-0.2, 0) is 0 Å². The fourth-order valence-corrected chi connectivity index (χ4v) is 2.50. The Morgan fingerprint density at radius 1 is 1.32 bits per heavy atom.